The molecule has 0 saturated heterocycles. The molecule has 1 aliphatic carbocycles. The number of hydrogen-bond acceptors (Lipinski definition) is 5. The summed E-state index contributed by atoms with van der Waals surface area (Å²) in [5.41, 5.74) is 11.1. The molecule has 4 nitrogen and oxygen atoms in total. The van der Waals surface area contributed by atoms with Crippen LogP contribution in [0.2, 0.25) is 0 Å². The maximum absolute atomic E-state index is 6.37. The van der Waals surface area contributed by atoms with Crippen LogP contribution in [0.5, 0.6) is 0 Å². The van der Waals surface area contributed by atoms with Crippen LogP contribution >= 0.6 is 11.3 Å². The van der Waals surface area contributed by atoms with Gasteiger partial charge in [0.05, 0.1) is 5.41 Å². The summed E-state index contributed by atoms with van der Waals surface area (Å²) >= 11 is 1.78. The molecule has 0 fully saturated rings. The number of aromatic nitrogens is 3. The lowest BCUT2D eigenvalue weighted by Crippen LogP contribution is -2.28. The second-order valence-electron chi connectivity index (χ2n) is 14.6. The molecule has 1 aliphatic rings. The van der Waals surface area contributed by atoms with Crippen LogP contribution in [-0.2, 0) is 5.41 Å². The van der Waals surface area contributed by atoms with Crippen LogP contribution in [0.25, 0.3) is 87.4 Å². The summed E-state index contributed by atoms with van der Waals surface area (Å²) in [6.07, 6.45) is 0. The Morgan fingerprint density at radius 1 is 0.386 bits per heavy atom. The summed E-state index contributed by atoms with van der Waals surface area (Å²) in [5, 5.41) is 4.46. The summed E-state index contributed by atoms with van der Waals surface area (Å²) in [4.78, 5) is 16.3. The van der Waals surface area contributed by atoms with E-state index in [2.05, 4.69) is 164 Å². The van der Waals surface area contributed by atoms with Crippen LogP contribution in [0.3, 0.4) is 0 Å². The summed E-state index contributed by atoms with van der Waals surface area (Å²) in [7, 11) is 0. The topological polar surface area (TPSA) is 51.8 Å². The number of fused-ring (bicyclic) bond motifs is 9. The van der Waals surface area contributed by atoms with Gasteiger partial charge >= 0.3 is 0 Å². The molecular weight excluding hydrogens is 715 g/mol. The van der Waals surface area contributed by atoms with Gasteiger partial charge in [-0.05, 0) is 57.6 Å². The van der Waals surface area contributed by atoms with Crippen molar-refractivity contribution >= 4 is 53.4 Å². The van der Waals surface area contributed by atoms with Gasteiger partial charge in [-0.15, -0.1) is 11.3 Å². The molecule has 12 rings (SSSR count). The average Bonchev–Trinajstić information content (AvgIpc) is 3.95. The molecular formula is C52H31N3OS. The highest BCUT2D eigenvalue weighted by molar-refractivity contribution is 7.26. The highest BCUT2D eigenvalue weighted by Gasteiger charge is 2.47. The molecule has 0 atom stereocenters. The van der Waals surface area contributed by atoms with Gasteiger partial charge in [0.2, 0.25) is 0 Å². The average molecular weight is 746 g/mol. The van der Waals surface area contributed by atoms with Crippen LogP contribution < -0.4 is 0 Å². The molecule has 0 radical (unpaired) electrons. The molecule has 0 unspecified atom stereocenters. The van der Waals surface area contributed by atoms with E-state index in [4.69, 9.17) is 19.4 Å². The predicted molar refractivity (Wildman–Crippen MR) is 234 cm³/mol. The van der Waals surface area contributed by atoms with Crippen molar-refractivity contribution in [2.24, 2.45) is 0 Å². The molecule has 266 valence electrons. The minimum absolute atomic E-state index is 0.548. The van der Waals surface area contributed by atoms with E-state index in [-0.39, 0.29) is 0 Å². The van der Waals surface area contributed by atoms with Gasteiger partial charge in [-0.3, -0.25) is 0 Å². The normalized spacial score (nSPS) is 13.1. The molecule has 0 aliphatic heterocycles. The lowest BCUT2D eigenvalue weighted by Gasteiger charge is -2.33. The van der Waals surface area contributed by atoms with Crippen molar-refractivity contribution in [2.45, 2.75) is 5.41 Å². The number of nitrogens with zero attached hydrogens (tertiary/aromatic N) is 3. The van der Waals surface area contributed by atoms with E-state index in [1.807, 2.05) is 24.3 Å². The highest BCUT2D eigenvalue weighted by atomic mass is 32.1. The quantitative estimate of drug-likeness (QED) is 0.176. The van der Waals surface area contributed by atoms with Gasteiger partial charge in [-0.2, -0.15) is 0 Å². The smallest absolute Gasteiger partial charge is 0.165 e. The van der Waals surface area contributed by atoms with Gasteiger partial charge in [-0.25, -0.2) is 15.0 Å². The van der Waals surface area contributed by atoms with E-state index in [1.54, 1.807) is 11.3 Å². The van der Waals surface area contributed by atoms with Crippen molar-refractivity contribution in [1.29, 1.82) is 0 Å². The van der Waals surface area contributed by atoms with Gasteiger partial charge in [0, 0.05) is 47.6 Å². The van der Waals surface area contributed by atoms with E-state index in [0.29, 0.717) is 17.5 Å². The molecule has 0 N–H and O–H groups in total. The van der Waals surface area contributed by atoms with Crippen LogP contribution in [0, 0.1) is 0 Å². The SMILES string of the molecule is c1ccc(C2(c3ccccc3)c3ccccc3-c3c(-c4nc(-c5cccc6c5sc5ccccc56)nc(-c5cccc6oc7ccccc7c56)n4)cccc32)cc1. The lowest BCUT2D eigenvalue weighted by atomic mass is 9.67. The van der Waals surface area contributed by atoms with Gasteiger partial charge in [0.25, 0.3) is 0 Å². The fourth-order valence-electron chi connectivity index (χ4n) is 9.30. The summed E-state index contributed by atoms with van der Waals surface area (Å²) in [6.45, 7) is 0. The van der Waals surface area contributed by atoms with Crippen LogP contribution in [0.15, 0.2) is 192 Å². The Balaban J connectivity index is 1.18. The third-order valence-electron chi connectivity index (χ3n) is 11.6. The molecule has 3 aromatic heterocycles. The Morgan fingerprint density at radius 2 is 0.912 bits per heavy atom. The number of thiophene rings is 1. The first-order chi connectivity index (χ1) is 28.3. The van der Waals surface area contributed by atoms with Crippen molar-refractivity contribution in [3.63, 3.8) is 0 Å². The van der Waals surface area contributed by atoms with Gasteiger partial charge in [0.1, 0.15) is 11.2 Å². The maximum atomic E-state index is 6.37. The van der Waals surface area contributed by atoms with Gasteiger partial charge < -0.3 is 4.42 Å². The molecule has 8 aromatic carbocycles. The first-order valence-electron chi connectivity index (χ1n) is 19.2. The molecule has 0 spiro atoms. The minimum Gasteiger partial charge on any atom is -0.456 e. The standard InChI is InChI=1S/C52H31N3OS/c1-3-16-32(17-4-1)52(33-18-5-2-6-19-33)41-27-10-7-21-36(41)46-38(24-14-28-42(46)52)49-53-50(39-25-15-30-44-47(39)37-22-8-11-29-43(37)56-44)55-51(54-49)40-26-13-23-35-34-20-9-12-31-45(34)57-48(35)40/h1-31H. The molecule has 11 aromatic rings. The molecule has 0 saturated carbocycles. The number of benzene rings is 8. The third kappa shape index (κ3) is 4.64. The van der Waals surface area contributed by atoms with E-state index in [0.717, 1.165) is 48.9 Å². The van der Waals surface area contributed by atoms with Crippen molar-refractivity contribution < 1.29 is 4.42 Å². The Labute approximate surface area is 332 Å². The van der Waals surface area contributed by atoms with E-state index >= 15 is 0 Å². The number of rotatable bonds is 5. The monoisotopic (exact) mass is 745 g/mol. The van der Waals surface area contributed by atoms with Crippen LogP contribution in [0.1, 0.15) is 22.3 Å². The van der Waals surface area contributed by atoms with Gasteiger partial charge in [0.15, 0.2) is 17.5 Å². The second kappa shape index (κ2) is 12.4. The molecule has 0 bridgehead atoms. The van der Waals surface area contributed by atoms with Crippen LogP contribution in [-0.4, -0.2) is 15.0 Å². The Kier molecular flexibility index (Phi) is 6.98. The summed E-state index contributed by atoms with van der Waals surface area (Å²) in [6, 6.07) is 66.7. The Hall–Kier alpha value is -7.21. The first-order valence-corrected chi connectivity index (χ1v) is 20.0. The van der Waals surface area contributed by atoms with Crippen molar-refractivity contribution in [3.8, 4) is 45.3 Å². The zero-order chi connectivity index (χ0) is 37.5. The number of hydrogen-bond donors (Lipinski definition) is 0. The minimum atomic E-state index is -0.548. The van der Waals surface area contributed by atoms with Crippen molar-refractivity contribution in [2.75, 3.05) is 0 Å². The molecule has 0 amide bonds. The third-order valence-corrected chi connectivity index (χ3v) is 12.9. The van der Waals surface area contributed by atoms with Crippen LogP contribution in [0.4, 0.5) is 0 Å². The molecule has 5 heteroatoms. The predicted octanol–water partition coefficient (Wildman–Crippen LogP) is 13.5. The van der Waals surface area contributed by atoms with Gasteiger partial charge in [-0.1, -0.05) is 164 Å². The largest absolute Gasteiger partial charge is 0.456 e. The van der Waals surface area contributed by atoms with E-state index in [1.165, 1.54) is 43.3 Å². The number of para-hydroxylation sites is 1. The fraction of sp³-hybridized carbons (Fsp3) is 0.0192. The Morgan fingerprint density at radius 3 is 1.72 bits per heavy atom. The Bertz CT molecular complexity index is 3330. The summed E-state index contributed by atoms with van der Waals surface area (Å²) in [5.74, 6) is 1.87. The van der Waals surface area contributed by atoms with E-state index < -0.39 is 5.41 Å². The lowest BCUT2D eigenvalue weighted by molar-refractivity contribution is 0.669. The molecule has 3 heterocycles. The first kappa shape index (κ1) is 32.1. The van der Waals surface area contributed by atoms with E-state index in [9.17, 15) is 0 Å². The number of furan rings is 1. The summed E-state index contributed by atoms with van der Waals surface area (Å²) < 4.78 is 8.77. The fourth-order valence-corrected chi connectivity index (χ4v) is 10.5. The zero-order valence-corrected chi connectivity index (χ0v) is 31.4. The highest BCUT2D eigenvalue weighted by Crippen LogP contribution is 2.58. The second-order valence-corrected chi connectivity index (χ2v) is 15.7. The van der Waals surface area contributed by atoms with Crippen molar-refractivity contribution in [3.05, 3.63) is 210 Å². The van der Waals surface area contributed by atoms with Crippen molar-refractivity contribution in [1.82, 2.24) is 15.0 Å². The zero-order valence-electron chi connectivity index (χ0n) is 30.6. The maximum Gasteiger partial charge on any atom is 0.165 e. The molecule has 57 heavy (non-hydrogen) atoms.